The number of carbonyl (C=O) groups excluding carboxylic acids is 1. The van der Waals surface area contributed by atoms with Crippen LogP contribution in [0.5, 0.6) is 0 Å². The van der Waals surface area contributed by atoms with Crippen molar-refractivity contribution in [3.8, 4) is 0 Å². The van der Waals surface area contributed by atoms with Crippen LogP contribution in [-0.4, -0.2) is 29.3 Å². The first-order chi connectivity index (χ1) is 9.27. The Morgan fingerprint density at radius 2 is 2.26 bits per heavy atom. The standard InChI is InChI=1S/C14H17FN2O2/c1-19-14(18)12-10-17(9-4-2-3-7-15)13-11(12)6-5-8-16-13/h5-6,8,10H,2-4,7,9H2,1H3. The van der Waals surface area contributed by atoms with E-state index in [9.17, 15) is 9.18 Å². The zero-order chi connectivity index (χ0) is 13.7. The average molecular weight is 264 g/mol. The quantitative estimate of drug-likeness (QED) is 0.595. The third-order valence-corrected chi connectivity index (χ3v) is 3.07. The number of fused-ring (bicyclic) bond motifs is 1. The molecule has 102 valence electrons. The van der Waals surface area contributed by atoms with Crippen molar-refractivity contribution in [1.29, 1.82) is 0 Å². The van der Waals surface area contributed by atoms with Gasteiger partial charge >= 0.3 is 5.97 Å². The zero-order valence-electron chi connectivity index (χ0n) is 10.9. The summed E-state index contributed by atoms with van der Waals surface area (Å²) in [5, 5.41) is 0.792. The molecule has 0 radical (unpaired) electrons. The van der Waals surface area contributed by atoms with E-state index in [1.807, 2.05) is 10.6 Å². The molecule has 0 saturated carbocycles. The number of methoxy groups -OCH3 is 1. The average Bonchev–Trinajstić information content (AvgIpc) is 2.82. The van der Waals surface area contributed by atoms with Crippen LogP contribution in [0.4, 0.5) is 4.39 Å². The normalized spacial score (nSPS) is 10.8. The first-order valence-electron chi connectivity index (χ1n) is 6.36. The number of ether oxygens (including phenoxy) is 1. The molecule has 0 fully saturated rings. The summed E-state index contributed by atoms with van der Waals surface area (Å²) in [5.74, 6) is -0.361. The number of esters is 1. The first kappa shape index (κ1) is 13.5. The van der Waals surface area contributed by atoms with E-state index in [1.165, 1.54) is 7.11 Å². The Balaban J connectivity index is 2.26. The molecule has 0 aliphatic heterocycles. The fourth-order valence-corrected chi connectivity index (χ4v) is 2.12. The van der Waals surface area contributed by atoms with Gasteiger partial charge in [-0.3, -0.25) is 4.39 Å². The molecule has 0 spiro atoms. The molecule has 2 aromatic rings. The lowest BCUT2D eigenvalue weighted by Crippen LogP contribution is -2.00. The van der Waals surface area contributed by atoms with Gasteiger partial charge in [0.25, 0.3) is 0 Å². The molecule has 5 heteroatoms. The predicted molar refractivity (Wildman–Crippen MR) is 70.9 cm³/mol. The molecule has 0 aromatic carbocycles. The van der Waals surface area contributed by atoms with Gasteiger partial charge in [-0.2, -0.15) is 0 Å². The lowest BCUT2D eigenvalue weighted by atomic mass is 10.2. The van der Waals surface area contributed by atoms with Gasteiger partial charge in [0.1, 0.15) is 5.65 Å². The Kier molecular flexibility index (Phi) is 4.49. The largest absolute Gasteiger partial charge is 0.465 e. The third-order valence-electron chi connectivity index (χ3n) is 3.07. The Morgan fingerprint density at radius 3 is 3.00 bits per heavy atom. The number of hydrogen-bond donors (Lipinski definition) is 0. The summed E-state index contributed by atoms with van der Waals surface area (Å²) in [6.07, 6.45) is 5.73. The maximum absolute atomic E-state index is 12.0. The van der Waals surface area contributed by atoms with Crippen LogP contribution in [0.15, 0.2) is 24.5 Å². The summed E-state index contributed by atoms with van der Waals surface area (Å²) in [6, 6.07) is 3.65. The van der Waals surface area contributed by atoms with Crippen molar-refractivity contribution in [2.24, 2.45) is 0 Å². The molecular formula is C14H17FN2O2. The van der Waals surface area contributed by atoms with Gasteiger partial charge in [-0.15, -0.1) is 0 Å². The van der Waals surface area contributed by atoms with Gasteiger partial charge in [0.2, 0.25) is 0 Å². The molecule has 0 unspecified atom stereocenters. The number of halogens is 1. The third kappa shape index (κ3) is 2.92. The smallest absolute Gasteiger partial charge is 0.340 e. The molecule has 0 bridgehead atoms. The summed E-state index contributed by atoms with van der Waals surface area (Å²) in [5.41, 5.74) is 1.29. The second-order valence-corrected chi connectivity index (χ2v) is 4.35. The minimum atomic E-state index is -0.361. The van der Waals surface area contributed by atoms with Gasteiger partial charge in [-0.25, -0.2) is 9.78 Å². The number of unbranched alkanes of at least 4 members (excludes halogenated alkanes) is 2. The van der Waals surface area contributed by atoms with Crippen molar-refractivity contribution >= 4 is 17.0 Å². The minimum absolute atomic E-state index is 0.280. The lowest BCUT2D eigenvalue weighted by molar-refractivity contribution is 0.0602. The van der Waals surface area contributed by atoms with Crippen LogP contribution in [0.3, 0.4) is 0 Å². The molecule has 0 amide bonds. The molecule has 0 N–H and O–H groups in total. The van der Waals surface area contributed by atoms with Crippen LogP contribution in [0.1, 0.15) is 29.6 Å². The van der Waals surface area contributed by atoms with Crippen molar-refractivity contribution in [2.45, 2.75) is 25.8 Å². The van der Waals surface area contributed by atoms with E-state index in [0.29, 0.717) is 12.0 Å². The summed E-state index contributed by atoms with van der Waals surface area (Å²) < 4.78 is 18.7. The van der Waals surface area contributed by atoms with Gasteiger partial charge < -0.3 is 9.30 Å². The highest BCUT2D eigenvalue weighted by Gasteiger charge is 2.15. The molecule has 0 aliphatic rings. The molecule has 2 aromatic heterocycles. The zero-order valence-corrected chi connectivity index (χ0v) is 10.9. The number of alkyl halides is 1. The highest BCUT2D eigenvalue weighted by atomic mass is 19.1. The number of aryl methyl sites for hydroxylation is 1. The van der Waals surface area contributed by atoms with Crippen molar-refractivity contribution in [2.75, 3.05) is 13.8 Å². The monoisotopic (exact) mass is 264 g/mol. The topological polar surface area (TPSA) is 44.1 Å². The summed E-state index contributed by atoms with van der Waals surface area (Å²) in [4.78, 5) is 16.0. The molecule has 2 rings (SSSR count). The first-order valence-corrected chi connectivity index (χ1v) is 6.36. The number of carbonyl (C=O) groups is 1. The van der Waals surface area contributed by atoms with Crippen molar-refractivity contribution in [3.05, 3.63) is 30.1 Å². The van der Waals surface area contributed by atoms with Crippen molar-refractivity contribution in [1.82, 2.24) is 9.55 Å². The molecule has 4 nitrogen and oxygen atoms in total. The molecule has 19 heavy (non-hydrogen) atoms. The van der Waals surface area contributed by atoms with Gasteiger partial charge in [0, 0.05) is 24.3 Å². The number of rotatable bonds is 6. The molecular weight excluding hydrogens is 247 g/mol. The van der Waals surface area contributed by atoms with E-state index >= 15 is 0 Å². The Bertz CT molecular complexity index is 566. The highest BCUT2D eigenvalue weighted by molar-refractivity contribution is 6.03. The van der Waals surface area contributed by atoms with E-state index in [1.54, 1.807) is 18.5 Å². The Morgan fingerprint density at radius 1 is 1.42 bits per heavy atom. The SMILES string of the molecule is COC(=O)c1cn(CCCCCF)c2ncccc12. The Hall–Kier alpha value is -1.91. The maximum Gasteiger partial charge on any atom is 0.340 e. The van der Waals surface area contributed by atoms with Gasteiger partial charge in [-0.1, -0.05) is 0 Å². The molecule has 0 aliphatic carbocycles. The van der Waals surface area contributed by atoms with Crippen LogP contribution in [0.2, 0.25) is 0 Å². The minimum Gasteiger partial charge on any atom is -0.465 e. The van der Waals surface area contributed by atoms with E-state index in [2.05, 4.69) is 4.98 Å². The fraction of sp³-hybridized carbons (Fsp3) is 0.429. The van der Waals surface area contributed by atoms with Crippen LogP contribution >= 0.6 is 0 Å². The van der Waals surface area contributed by atoms with E-state index in [0.717, 1.165) is 30.4 Å². The number of nitrogens with zero attached hydrogens (tertiary/aromatic N) is 2. The number of hydrogen-bond acceptors (Lipinski definition) is 3. The summed E-state index contributed by atoms with van der Waals surface area (Å²) in [6.45, 7) is 0.447. The van der Waals surface area contributed by atoms with Crippen LogP contribution in [-0.2, 0) is 11.3 Å². The van der Waals surface area contributed by atoms with Crippen LogP contribution in [0, 0.1) is 0 Å². The maximum atomic E-state index is 12.0. The fourth-order valence-electron chi connectivity index (χ4n) is 2.12. The van der Waals surface area contributed by atoms with Crippen LogP contribution in [0.25, 0.3) is 11.0 Å². The summed E-state index contributed by atoms with van der Waals surface area (Å²) >= 11 is 0. The number of pyridine rings is 1. The van der Waals surface area contributed by atoms with Gasteiger partial charge in [0.15, 0.2) is 0 Å². The lowest BCUT2D eigenvalue weighted by Gasteiger charge is -2.03. The molecule has 2 heterocycles. The van der Waals surface area contributed by atoms with E-state index in [4.69, 9.17) is 4.74 Å². The predicted octanol–water partition coefficient (Wildman–Crippen LogP) is 2.96. The molecule has 0 atom stereocenters. The second-order valence-electron chi connectivity index (χ2n) is 4.35. The van der Waals surface area contributed by atoms with E-state index < -0.39 is 0 Å². The molecule has 0 saturated heterocycles. The second kappa shape index (κ2) is 6.31. The highest BCUT2D eigenvalue weighted by Crippen LogP contribution is 2.20. The van der Waals surface area contributed by atoms with Crippen molar-refractivity contribution < 1.29 is 13.9 Å². The van der Waals surface area contributed by atoms with Gasteiger partial charge in [0.05, 0.1) is 19.3 Å². The van der Waals surface area contributed by atoms with Crippen molar-refractivity contribution in [3.63, 3.8) is 0 Å². The van der Waals surface area contributed by atoms with E-state index in [-0.39, 0.29) is 12.6 Å². The number of aromatic nitrogens is 2. The summed E-state index contributed by atoms with van der Waals surface area (Å²) in [7, 11) is 1.36. The van der Waals surface area contributed by atoms with Crippen LogP contribution < -0.4 is 0 Å². The Labute approximate surface area is 111 Å². The van der Waals surface area contributed by atoms with Gasteiger partial charge in [-0.05, 0) is 31.4 Å².